The normalized spacial score (nSPS) is 16.6. The molecule has 6 nitrogen and oxygen atoms in total. The topological polar surface area (TPSA) is 77.1 Å². The van der Waals surface area contributed by atoms with Crippen molar-refractivity contribution in [2.45, 2.75) is 65.0 Å². The molecule has 7 heteroatoms. The number of hydrogen-bond donors (Lipinski definition) is 3. The Morgan fingerprint density at radius 3 is 2.68 bits per heavy atom. The van der Waals surface area contributed by atoms with Gasteiger partial charge in [-0.15, -0.1) is 0 Å². The summed E-state index contributed by atoms with van der Waals surface area (Å²) in [7, 11) is 0. The van der Waals surface area contributed by atoms with Crippen molar-refractivity contribution in [2.75, 3.05) is 13.1 Å². The maximum Gasteiger partial charge on any atom is 0.260 e. The van der Waals surface area contributed by atoms with Gasteiger partial charge in [0, 0.05) is 29.7 Å². The summed E-state index contributed by atoms with van der Waals surface area (Å²) in [6.45, 7) is 6.51. The molecule has 0 saturated heterocycles. The highest BCUT2D eigenvalue weighted by atomic mass is 32.1. The van der Waals surface area contributed by atoms with Gasteiger partial charge in [0.1, 0.15) is 5.56 Å². The van der Waals surface area contributed by atoms with Gasteiger partial charge in [-0.25, -0.2) is 0 Å². The van der Waals surface area contributed by atoms with Gasteiger partial charge in [-0.2, -0.15) is 0 Å². The van der Waals surface area contributed by atoms with Crippen LogP contribution in [-0.2, 0) is 13.0 Å². The van der Waals surface area contributed by atoms with Gasteiger partial charge in [0.2, 0.25) is 5.88 Å². The van der Waals surface area contributed by atoms with Crippen LogP contribution in [-0.4, -0.2) is 37.6 Å². The van der Waals surface area contributed by atoms with Crippen LogP contribution in [0, 0.1) is 4.77 Å². The number of benzene rings is 1. The van der Waals surface area contributed by atoms with Gasteiger partial charge >= 0.3 is 0 Å². The number of hydrogen-bond acceptors (Lipinski definition) is 4. The van der Waals surface area contributed by atoms with Crippen LogP contribution >= 0.6 is 12.2 Å². The third-order valence-corrected chi connectivity index (χ3v) is 6.83. The molecule has 3 N–H and O–H groups in total. The lowest BCUT2D eigenvalue weighted by molar-refractivity contribution is 0.214. The molecule has 31 heavy (non-hydrogen) atoms. The molecule has 2 aromatic heterocycles. The number of rotatable bonds is 8. The molecule has 3 aromatic rings. The molecule has 0 saturated carbocycles. The van der Waals surface area contributed by atoms with E-state index >= 15 is 0 Å². The molecule has 1 aliphatic heterocycles. The van der Waals surface area contributed by atoms with Crippen LogP contribution in [0.5, 0.6) is 5.88 Å². The number of para-hydroxylation sites is 1. The van der Waals surface area contributed by atoms with E-state index in [0.717, 1.165) is 43.6 Å². The molecule has 1 aromatic carbocycles. The largest absolute Gasteiger partial charge is 0.494 e. The predicted molar refractivity (Wildman–Crippen MR) is 127 cm³/mol. The van der Waals surface area contributed by atoms with Crippen LogP contribution in [0.3, 0.4) is 0 Å². The van der Waals surface area contributed by atoms with Crippen LogP contribution in [0.15, 0.2) is 29.1 Å². The third kappa shape index (κ3) is 4.08. The minimum Gasteiger partial charge on any atom is -0.494 e. The van der Waals surface area contributed by atoms with E-state index in [1.807, 2.05) is 12.1 Å². The first-order valence-corrected chi connectivity index (χ1v) is 11.9. The zero-order valence-electron chi connectivity index (χ0n) is 18.4. The fraction of sp³-hybridized carbons (Fsp3) is 0.500. The molecule has 3 heterocycles. The summed E-state index contributed by atoms with van der Waals surface area (Å²) in [5.41, 5.74) is 3.38. The molecule has 1 unspecified atom stereocenters. The molecule has 1 atom stereocenters. The van der Waals surface area contributed by atoms with Gasteiger partial charge < -0.3 is 10.1 Å². The van der Waals surface area contributed by atoms with Gasteiger partial charge in [-0.1, -0.05) is 57.7 Å². The van der Waals surface area contributed by atoms with Crippen molar-refractivity contribution in [3.05, 3.63) is 56.2 Å². The lowest BCUT2D eigenvalue weighted by atomic mass is 9.93. The maximum absolute atomic E-state index is 13.1. The molecule has 4 rings (SSSR count). The number of aromatic amines is 2. The first-order chi connectivity index (χ1) is 15.1. The van der Waals surface area contributed by atoms with Gasteiger partial charge in [-0.05, 0) is 43.2 Å². The highest BCUT2D eigenvalue weighted by molar-refractivity contribution is 7.71. The van der Waals surface area contributed by atoms with E-state index in [4.69, 9.17) is 12.2 Å². The quantitative estimate of drug-likeness (QED) is 0.339. The first-order valence-electron chi connectivity index (χ1n) is 11.5. The number of aromatic nitrogens is 3. The summed E-state index contributed by atoms with van der Waals surface area (Å²) in [4.78, 5) is 21.7. The van der Waals surface area contributed by atoms with Crippen molar-refractivity contribution in [3.8, 4) is 5.88 Å². The lowest BCUT2D eigenvalue weighted by Gasteiger charge is -2.35. The highest BCUT2D eigenvalue weighted by Gasteiger charge is 2.35. The average Bonchev–Trinajstić information content (AvgIpc) is 3.14. The van der Waals surface area contributed by atoms with Gasteiger partial charge in [0.15, 0.2) is 4.77 Å². The van der Waals surface area contributed by atoms with E-state index < -0.39 is 0 Å². The number of H-pyrrole nitrogens is 2. The molecule has 0 bridgehead atoms. The smallest absolute Gasteiger partial charge is 0.260 e. The SMILES string of the molecule is CCCCCCCn1c(O)c(C2c3[nH]c4ccccc4c3CCN2CC)c(=O)[nH]c1=S. The number of nitrogens with zero attached hydrogens (tertiary/aromatic N) is 2. The van der Waals surface area contributed by atoms with Crippen molar-refractivity contribution in [1.29, 1.82) is 0 Å². The Hall–Kier alpha value is -2.38. The number of likely N-dealkylation sites (N-methyl/N-ethyl adjacent to an activating group) is 1. The summed E-state index contributed by atoms with van der Waals surface area (Å²) in [5.74, 6) is -0.000743. The molecular weight excluding hydrogens is 408 g/mol. The Bertz CT molecular complexity index is 1180. The van der Waals surface area contributed by atoms with Crippen molar-refractivity contribution >= 4 is 23.1 Å². The summed E-state index contributed by atoms with van der Waals surface area (Å²) >= 11 is 5.40. The Kier molecular flexibility index (Phi) is 6.62. The van der Waals surface area contributed by atoms with Crippen LogP contribution in [0.2, 0.25) is 0 Å². The van der Waals surface area contributed by atoms with Gasteiger partial charge in [-0.3, -0.25) is 19.2 Å². The van der Waals surface area contributed by atoms with E-state index in [2.05, 4.69) is 40.8 Å². The Balaban J connectivity index is 1.78. The number of nitrogens with one attached hydrogen (secondary N) is 2. The van der Waals surface area contributed by atoms with E-state index in [0.29, 0.717) is 12.1 Å². The van der Waals surface area contributed by atoms with E-state index in [1.54, 1.807) is 4.57 Å². The molecule has 0 radical (unpaired) electrons. The first kappa shape index (κ1) is 21.8. The zero-order chi connectivity index (χ0) is 22.0. The second-order valence-electron chi connectivity index (χ2n) is 8.41. The second-order valence-corrected chi connectivity index (χ2v) is 8.79. The van der Waals surface area contributed by atoms with Crippen molar-refractivity contribution in [1.82, 2.24) is 19.4 Å². The molecule has 0 aliphatic carbocycles. The molecule has 166 valence electrons. The summed E-state index contributed by atoms with van der Waals surface area (Å²) < 4.78 is 1.99. The molecule has 0 amide bonds. The summed E-state index contributed by atoms with van der Waals surface area (Å²) in [6.07, 6.45) is 6.50. The number of unbranched alkanes of at least 4 members (excludes halogenated alkanes) is 4. The van der Waals surface area contributed by atoms with E-state index in [9.17, 15) is 9.90 Å². The minimum atomic E-state index is -0.327. The molecule has 0 fully saturated rings. The van der Waals surface area contributed by atoms with Gasteiger partial charge in [0.05, 0.1) is 6.04 Å². The maximum atomic E-state index is 13.1. The van der Waals surface area contributed by atoms with Crippen LogP contribution in [0.25, 0.3) is 10.9 Å². The number of fused-ring (bicyclic) bond motifs is 3. The minimum absolute atomic E-state index is 0.000743. The Labute approximate surface area is 187 Å². The van der Waals surface area contributed by atoms with E-state index in [1.165, 1.54) is 30.2 Å². The van der Waals surface area contributed by atoms with Crippen molar-refractivity contribution in [3.63, 3.8) is 0 Å². The third-order valence-electron chi connectivity index (χ3n) is 6.51. The highest BCUT2D eigenvalue weighted by Crippen LogP contribution is 2.39. The Morgan fingerprint density at radius 1 is 1.13 bits per heavy atom. The predicted octanol–water partition coefficient (Wildman–Crippen LogP) is 5.03. The van der Waals surface area contributed by atoms with Crippen LogP contribution < -0.4 is 5.56 Å². The standard InChI is InChI=1S/C24H32N4O2S/c1-3-5-6-7-10-14-28-23(30)19(22(29)26-24(28)31)21-20-17(13-15-27(21)4-2)16-11-8-9-12-18(16)25-20/h8-9,11-12,21,25,30H,3-7,10,13-15H2,1-2H3,(H,26,29,31). The number of aromatic hydroxyl groups is 1. The molecule has 0 spiro atoms. The van der Waals surface area contributed by atoms with Gasteiger partial charge in [0.25, 0.3) is 5.56 Å². The van der Waals surface area contributed by atoms with Crippen LogP contribution in [0.1, 0.15) is 68.8 Å². The average molecular weight is 441 g/mol. The lowest BCUT2D eigenvalue weighted by Crippen LogP contribution is -2.39. The van der Waals surface area contributed by atoms with Crippen LogP contribution in [0.4, 0.5) is 0 Å². The second kappa shape index (κ2) is 9.40. The summed E-state index contributed by atoms with van der Waals surface area (Å²) in [6, 6.07) is 7.91. The zero-order valence-corrected chi connectivity index (χ0v) is 19.2. The monoisotopic (exact) mass is 440 g/mol. The molecular formula is C24H32N4O2S. The molecule has 1 aliphatic rings. The fourth-order valence-electron chi connectivity index (χ4n) is 4.86. The van der Waals surface area contributed by atoms with E-state index in [-0.39, 0.29) is 22.3 Å². The van der Waals surface area contributed by atoms with Crippen molar-refractivity contribution < 1.29 is 5.11 Å². The fourth-order valence-corrected chi connectivity index (χ4v) is 5.13. The Morgan fingerprint density at radius 2 is 1.90 bits per heavy atom. The summed E-state index contributed by atoms with van der Waals surface area (Å²) in [5, 5.41) is 12.4. The van der Waals surface area contributed by atoms with Crippen molar-refractivity contribution in [2.24, 2.45) is 0 Å².